The summed E-state index contributed by atoms with van der Waals surface area (Å²) < 4.78 is 0.956. The summed E-state index contributed by atoms with van der Waals surface area (Å²) in [7, 11) is 0. The Balaban J connectivity index is 2.58. The molecule has 82 valence electrons. The summed E-state index contributed by atoms with van der Waals surface area (Å²) >= 11 is 2.15. The quantitative estimate of drug-likeness (QED) is 0.831. The van der Waals surface area contributed by atoms with Crippen LogP contribution in [-0.4, -0.2) is 18.5 Å². The van der Waals surface area contributed by atoms with Crippen LogP contribution in [0.5, 0.6) is 0 Å². The molecule has 0 radical (unpaired) electrons. The Morgan fingerprint density at radius 3 is 2.80 bits per heavy atom. The molecule has 0 spiro atoms. The largest absolute Gasteiger partial charge is 0.350 e. The second-order valence-corrected chi connectivity index (χ2v) is 4.52. The van der Waals surface area contributed by atoms with Gasteiger partial charge in [0.05, 0.1) is 5.56 Å². The van der Waals surface area contributed by atoms with Crippen molar-refractivity contribution in [2.45, 2.75) is 19.4 Å². The van der Waals surface area contributed by atoms with Gasteiger partial charge >= 0.3 is 0 Å². The fraction of sp³-hybridized carbons (Fsp3) is 0.364. The number of rotatable bonds is 4. The smallest absolute Gasteiger partial charge is 0.252 e. The van der Waals surface area contributed by atoms with Crippen LogP contribution < -0.4 is 11.1 Å². The molecule has 0 aliphatic heterocycles. The minimum atomic E-state index is -0.0519. The van der Waals surface area contributed by atoms with Crippen LogP contribution in [0.15, 0.2) is 24.3 Å². The lowest BCUT2D eigenvalue weighted by Crippen LogP contribution is -2.36. The number of nitrogens with one attached hydrogen (secondary N) is 1. The zero-order valence-corrected chi connectivity index (χ0v) is 10.8. The van der Waals surface area contributed by atoms with E-state index in [1.54, 1.807) is 0 Å². The molecule has 0 bridgehead atoms. The molecule has 0 fully saturated rings. The van der Waals surface area contributed by atoms with E-state index in [0.29, 0.717) is 12.1 Å². The number of halogens is 1. The third-order valence-corrected chi connectivity index (χ3v) is 3.11. The van der Waals surface area contributed by atoms with Crippen molar-refractivity contribution < 1.29 is 4.79 Å². The number of hydrogen-bond donors (Lipinski definition) is 2. The van der Waals surface area contributed by atoms with E-state index in [0.717, 1.165) is 9.99 Å². The molecule has 0 saturated carbocycles. The summed E-state index contributed by atoms with van der Waals surface area (Å²) in [5.41, 5.74) is 6.43. The van der Waals surface area contributed by atoms with Gasteiger partial charge in [0, 0.05) is 16.2 Å². The fourth-order valence-electron chi connectivity index (χ4n) is 1.11. The van der Waals surface area contributed by atoms with Crippen LogP contribution in [0.1, 0.15) is 23.7 Å². The van der Waals surface area contributed by atoms with Gasteiger partial charge < -0.3 is 11.1 Å². The molecule has 1 aromatic carbocycles. The van der Waals surface area contributed by atoms with Gasteiger partial charge in [-0.05, 0) is 41.1 Å². The second kappa shape index (κ2) is 6.07. The third-order valence-electron chi connectivity index (χ3n) is 2.17. The Labute approximate surface area is 104 Å². The molecule has 0 aromatic heterocycles. The van der Waals surface area contributed by atoms with Gasteiger partial charge in [-0.15, -0.1) is 0 Å². The van der Waals surface area contributed by atoms with Crippen molar-refractivity contribution in [2.24, 2.45) is 5.73 Å². The molecule has 4 heteroatoms. The second-order valence-electron chi connectivity index (χ2n) is 3.36. The number of amides is 1. The van der Waals surface area contributed by atoms with E-state index < -0.39 is 0 Å². The maximum absolute atomic E-state index is 11.7. The van der Waals surface area contributed by atoms with E-state index in [2.05, 4.69) is 27.9 Å². The van der Waals surface area contributed by atoms with Crippen LogP contribution in [0.2, 0.25) is 0 Å². The molecule has 0 aliphatic rings. The van der Waals surface area contributed by atoms with Crippen molar-refractivity contribution in [3.8, 4) is 0 Å². The molecule has 0 saturated heterocycles. The first kappa shape index (κ1) is 12.4. The molecule has 1 rings (SSSR count). The van der Waals surface area contributed by atoms with Crippen molar-refractivity contribution in [1.29, 1.82) is 0 Å². The number of carbonyl (C=O) groups excluding carboxylic acids is 1. The van der Waals surface area contributed by atoms with Crippen molar-refractivity contribution in [3.05, 3.63) is 33.4 Å². The molecule has 3 nitrogen and oxygen atoms in total. The minimum Gasteiger partial charge on any atom is -0.350 e. The van der Waals surface area contributed by atoms with Crippen LogP contribution in [0.25, 0.3) is 0 Å². The average Bonchev–Trinajstić information content (AvgIpc) is 2.26. The summed E-state index contributed by atoms with van der Waals surface area (Å²) in [5.74, 6) is -0.0519. The van der Waals surface area contributed by atoms with Gasteiger partial charge in [-0.1, -0.05) is 19.1 Å². The van der Waals surface area contributed by atoms with Gasteiger partial charge in [-0.3, -0.25) is 4.79 Å². The van der Waals surface area contributed by atoms with Crippen LogP contribution in [0.3, 0.4) is 0 Å². The number of benzene rings is 1. The first-order valence-electron chi connectivity index (χ1n) is 4.93. The Bertz CT molecular complexity index is 341. The lowest BCUT2D eigenvalue weighted by Gasteiger charge is -2.10. The first-order chi connectivity index (χ1) is 7.15. The predicted molar refractivity (Wildman–Crippen MR) is 69.8 cm³/mol. The fourth-order valence-corrected chi connectivity index (χ4v) is 1.74. The Morgan fingerprint density at radius 1 is 1.53 bits per heavy atom. The van der Waals surface area contributed by atoms with E-state index in [9.17, 15) is 4.79 Å². The highest BCUT2D eigenvalue weighted by molar-refractivity contribution is 14.1. The maximum Gasteiger partial charge on any atom is 0.252 e. The highest BCUT2D eigenvalue weighted by atomic mass is 127. The van der Waals surface area contributed by atoms with Crippen molar-refractivity contribution >= 4 is 28.5 Å². The standard InChI is InChI=1S/C11H15IN2O/c1-2-8(13)7-14-11(15)9-5-3-4-6-10(9)12/h3-6,8H,2,7,13H2,1H3,(H,14,15). The molecule has 1 amide bonds. The zero-order chi connectivity index (χ0) is 11.3. The van der Waals surface area contributed by atoms with Gasteiger partial charge in [-0.2, -0.15) is 0 Å². The third kappa shape index (κ3) is 3.79. The summed E-state index contributed by atoms with van der Waals surface area (Å²) in [4.78, 5) is 11.7. The van der Waals surface area contributed by atoms with Crippen molar-refractivity contribution in [2.75, 3.05) is 6.54 Å². The summed E-state index contributed by atoms with van der Waals surface area (Å²) in [6.45, 7) is 2.53. The molecular formula is C11H15IN2O. The molecule has 1 aromatic rings. The first-order valence-corrected chi connectivity index (χ1v) is 6.01. The lowest BCUT2D eigenvalue weighted by molar-refractivity contribution is 0.0950. The van der Waals surface area contributed by atoms with Crippen LogP contribution >= 0.6 is 22.6 Å². The zero-order valence-electron chi connectivity index (χ0n) is 8.66. The summed E-state index contributed by atoms with van der Waals surface area (Å²) in [6, 6.07) is 7.53. The highest BCUT2D eigenvalue weighted by Crippen LogP contribution is 2.10. The Hall–Kier alpha value is -0.620. The Morgan fingerprint density at radius 2 is 2.20 bits per heavy atom. The van der Waals surface area contributed by atoms with Gasteiger partial charge in [0.1, 0.15) is 0 Å². The van der Waals surface area contributed by atoms with E-state index in [-0.39, 0.29) is 11.9 Å². The van der Waals surface area contributed by atoms with Crippen molar-refractivity contribution in [3.63, 3.8) is 0 Å². The minimum absolute atomic E-state index is 0.0373. The molecule has 15 heavy (non-hydrogen) atoms. The summed E-state index contributed by atoms with van der Waals surface area (Å²) in [6.07, 6.45) is 0.867. The van der Waals surface area contributed by atoms with Crippen molar-refractivity contribution in [1.82, 2.24) is 5.32 Å². The van der Waals surface area contributed by atoms with Gasteiger partial charge in [0.15, 0.2) is 0 Å². The monoisotopic (exact) mass is 318 g/mol. The van der Waals surface area contributed by atoms with E-state index in [4.69, 9.17) is 5.73 Å². The topological polar surface area (TPSA) is 55.1 Å². The van der Waals surface area contributed by atoms with E-state index in [1.807, 2.05) is 31.2 Å². The summed E-state index contributed by atoms with van der Waals surface area (Å²) in [5, 5.41) is 2.82. The van der Waals surface area contributed by atoms with Crippen LogP contribution in [0.4, 0.5) is 0 Å². The molecule has 0 heterocycles. The molecule has 1 atom stereocenters. The number of nitrogens with two attached hydrogens (primary N) is 1. The molecule has 1 unspecified atom stereocenters. The van der Waals surface area contributed by atoms with Crippen LogP contribution in [-0.2, 0) is 0 Å². The van der Waals surface area contributed by atoms with E-state index in [1.165, 1.54) is 0 Å². The molecular weight excluding hydrogens is 303 g/mol. The maximum atomic E-state index is 11.7. The molecule has 0 aliphatic carbocycles. The normalized spacial score (nSPS) is 12.2. The van der Waals surface area contributed by atoms with Gasteiger partial charge in [0.2, 0.25) is 0 Å². The number of carbonyl (C=O) groups is 1. The number of hydrogen-bond acceptors (Lipinski definition) is 2. The van der Waals surface area contributed by atoms with E-state index >= 15 is 0 Å². The predicted octanol–water partition coefficient (Wildman–Crippen LogP) is 1.76. The highest BCUT2D eigenvalue weighted by Gasteiger charge is 2.09. The SMILES string of the molecule is CCC(N)CNC(=O)c1ccccc1I. The lowest BCUT2D eigenvalue weighted by atomic mass is 10.2. The van der Waals surface area contributed by atoms with Gasteiger partial charge in [0.25, 0.3) is 5.91 Å². The average molecular weight is 318 g/mol. The van der Waals surface area contributed by atoms with Gasteiger partial charge in [-0.25, -0.2) is 0 Å². The van der Waals surface area contributed by atoms with Crippen LogP contribution in [0, 0.1) is 3.57 Å². The Kier molecular flexibility index (Phi) is 5.04. The molecule has 3 N–H and O–H groups in total.